The van der Waals surface area contributed by atoms with Gasteiger partial charge < -0.3 is 9.47 Å². The molecular weight excluding hydrogens is 472 g/mol. The molecule has 0 spiro atoms. The number of hydrogen-bond acceptors (Lipinski definition) is 4. The van der Waals surface area contributed by atoms with Gasteiger partial charge in [0.05, 0.1) is 23.2 Å². The summed E-state index contributed by atoms with van der Waals surface area (Å²) >= 11 is 7.07. The molecule has 0 saturated carbocycles. The van der Waals surface area contributed by atoms with Gasteiger partial charge in [-0.2, -0.15) is 0 Å². The van der Waals surface area contributed by atoms with E-state index in [1.807, 2.05) is 38.1 Å². The lowest BCUT2D eigenvalue weighted by molar-refractivity contribution is 0.412. The number of methoxy groups -OCH3 is 2. The second-order valence-electron chi connectivity index (χ2n) is 6.19. The number of nitrogens with zero attached hydrogens (tertiary/aromatic N) is 2. The molecule has 0 saturated heterocycles. The van der Waals surface area contributed by atoms with Gasteiger partial charge >= 0.3 is 0 Å². The van der Waals surface area contributed by atoms with Crippen LogP contribution in [-0.2, 0) is 6.42 Å². The standard InChI is InChI=1S/C21H20Br2N2O2/c1-12-16(9-14-5-7-19(26-3)17(22)10-14)13(2)25-21(24-12)15-6-8-20(27-4)18(23)11-15/h5-8,10-11H,9H2,1-4H3. The van der Waals surface area contributed by atoms with Crippen LogP contribution in [0.25, 0.3) is 11.4 Å². The number of halogens is 2. The molecule has 27 heavy (non-hydrogen) atoms. The highest BCUT2D eigenvalue weighted by molar-refractivity contribution is 9.10. The van der Waals surface area contributed by atoms with Crippen molar-refractivity contribution in [1.82, 2.24) is 9.97 Å². The highest BCUT2D eigenvalue weighted by Gasteiger charge is 2.13. The third-order valence-electron chi connectivity index (χ3n) is 4.43. The van der Waals surface area contributed by atoms with E-state index in [2.05, 4.69) is 44.0 Å². The van der Waals surface area contributed by atoms with Gasteiger partial charge in [0.25, 0.3) is 0 Å². The van der Waals surface area contributed by atoms with E-state index in [9.17, 15) is 0 Å². The molecular formula is C21H20Br2N2O2. The lowest BCUT2D eigenvalue weighted by atomic mass is 10.0. The molecule has 0 fully saturated rings. The molecule has 0 aliphatic heterocycles. The van der Waals surface area contributed by atoms with E-state index >= 15 is 0 Å². The minimum absolute atomic E-state index is 0.716. The molecule has 3 aromatic rings. The smallest absolute Gasteiger partial charge is 0.159 e. The predicted octanol–water partition coefficient (Wildman–Crippen LogP) is 5.89. The van der Waals surface area contributed by atoms with Crippen molar-refractivity contribution in [2.75, 3.05) is 14.2 Å². The van der Waals surface area contributed by atoms with E-state index in [0.29, 0.717) is 5.82 Å². The first-order chi connectivity index (χ1) is 12.9. The molecule has 1 aromatic heterocycles. The van der Waals surface area contributed by atoms with Gasteiger partial charge in [0, 0.05) is 23.4 Å². The Morgan fingerprint density at radius 2 is 1.37 bits per heavy atom. The van der Waals surface area contributed by atoms with Gasteiger partial charge in [-0.3, -0.25) is 0 Å². The zero-order valence-corrected chi connectivity index (χ0v) is 18.8. The number of aryl methyl sites for hydroxylation is 2. The quantitative estimate of drug-likeness (QED) is 0.446. The fraction of sp³-hybridized carbons (Fsp3) is 0.238. The van der Waals surface area contributed by atoms with Crippen molar-refractivity contribution < 1.29 is 9.47 Å². The molecule has 4 nitrogen and oxygen atoms in total. The second kappa shape index (κ2) is 8.40. The molecule has 1 heterocycles. The van der Waals surface area contributed by atoms with E-state index in [4.69, 9.17) is 19.4 Å². The zero-order chi connectivity index (χ0) is 19.6. The average Bonchev–Trinajstić information content (AvgIpc) is 2.64. The molecule has 3 rings (SSSR count). The highest BCUT2D eigenvalue weighted by atomic mass is 79.9. The van der Waals surface area contributed by atoms with Crippen molar-refractivity contribution in [2.45, 2.75) is 20.3 Å². The SMILES string of the molecule is COc1ccc(Cc2c(C)nc(-c3ccc(OC)c(Br)c3)nc2C)cc1Br. The Hall–Kier alpha value is -1.92. The molecule has 0 N–H and O–H groups in total. The van der Waals surface area contributed by atoms with Crippen LogP contribution in [0.4, 0.5) is 0 Å². The maximum Gasteiger partial charge on any atom is 0.159 e. The van der Waals surface area contributed by atoms with Crippen LogP contribution in [0.2, 0.25) is 0 Å². The fourth-order valence-electron chi connectivity index (χ4n) is 2.95. The summed E-state index contributed by atoms with van der Waals surface area (Å²) in [6, 6.07) is 12.0. The Morgan fingerprint density at radius 3 is 1.89 bits per heavy atom. The normalized spacial score (nSPS) is 10.7. The van der Waals surface area contributed by atoms with Crippen LogP contribution in [0.1, 0.15) is 22.5 Å². The van der Waals surface area contributed by atoms with Crippen molar-refractivity contribution in [1.29, 1.82) is 0 Å². The Kier molecular flexibility index (Phi) is 6.17. The molecule has 0 unspecified atom stereocenters. The number of rotatable bonds is 5. The van der Waals surface area contributed by atoms with Gasteiger partial charge in [-0.15, -0.1) is 0 Å². The number of ether oxygens (including phenoxy) is 2. The third-order valence-corrected chi connectivity index (χ3v) is 5.67. The van der Waals surface area contributed by atoms with Crippen LogP contribution in [0.5, 0.6) is 11.5 Å². The summed E-state index contributed by atoms with van der Waals surface area (Å²) in [4.78, 5) is 9.49. The highest BCUT2D eigenvalue weighted by Crippen LogP contribution is 2.31. The van der Waals surface area contributed by atoms with Crippen molar-refractivity contribution in [3.63, 3.8) is 0 Å². The van der Waals surface area contributed by atoms with Crippen LogP contribution in [0.3, 0.4) is 0 Å². The zero-order valence-electron chi connectivity index (χ0n) is 15.6. The minimum atomic E-state index is 0.716. The Bertz CT molecular complexity index is 967. The number of aromatic nitrogens is 2. The molecule has 0 radical (unpaired) electrons. The maximum atomic E-state index is 5.30. The maximum absolute atomic E-state index is 5.30. The van der Waals surface area contributed by atoms with E-state index in [1.165, 1.54) is 5.56 Å². The first kappa shape index (κ1) is 19.8. The third kappa shape index (κ3) is 4.33. The van der Waals surface area contributed by atoms with Crippen LogP contribution < -0.4 is 9.47 Å². The van der Waals surface area contributed by atoms with Crippen LogP contribution in [0.15, 0.2) is 45.3 Å². The van der Waals surface area contributed by atoms with Crippen molar-refractivity contribution in [3.8, 4) is 22.9 Å². The van der Waals surface area contributed by atoms with Crippen LogP contribution in [-0.4, -0.2) is 24.2 Å². The topological polar surface area (TPSA) is 44.2 Å². The Morgan fingerprint density at radius 1 is 0.815 bits per heavy atom. The van der Waals surface area contributed by atoms with Gasteiger partial charge in [-0.1, -0.05) is 6.07 Å². The summed E-state index contributed by atoms with van der Waals surface area (Å²) in [5.74, 6) is 2.32. The summed E-state index contributed by atoms with van der Waals surface area (Å²) in [6.45, 7) is 4.06. The van der Waals surface area contributed by atoms with Crippen molar-refractivity contribution in [2.24, 2.45) is 0 Å². The second-order valence-corrected chi connectivity index (χ2v) is 7.90. The van der Waals surface area contributed by atoms with Gasteiger partial charge in [0.15, 0.2) is 5.82 Å². The lowest BCUT2D eigenvalue weighted by Gasteiger charge is -2.13. The first-order valence-electron chi connectivity index (χ1n) is 8.43. The van der Waals surface area contributed by atoms with Crippen molar-refractivity contribution >= 4 is 31.9 Å². The lowest BCUT2D eigenvalue weighted by Crippen LogP contribution is -2.04. The van der Waals surface area contributed by atoms with Gasteiger partial charge in [0.1, 0.15) is 11.5 Å². The summed E-state index contributed by atoms with van der Waals surface area (Å²) in [5.41, 5.74) is 5.24. The molecule has 0 aliphatic carbocycles. The Labute approximate surface area is 176 Å². The molecule has 140 valence electrons. The van der Waals surface area contributed by atoms with Crippen molar-refractivity contribution in [3.05, 3.63) is 67.9 Å². The van der Waals surface area contributed by atoms with E-state index in [0.717, 1.165) is 49.4 Å². The predicted molar refractivity (Wildman–Crippen MR) is 115 cm³/mol. The summed E-state index contributed by atoms with van der Waals surface area (Å²) in [5, 5.41) is 0. The fourth-order valence-corrected chi connectivity index (χ4v) is 4.08. The van der Waals surface area contributed by atoms with Crippen LogP contribution >= 0.6 is 31.9 Å². The largest absolute Gasteiger partial charge is 0.496 e. The Balaban J connectivity index is 1.93. The van der Waals surface area contributed by atoms with E-state index in [-0.39, 0.29) is 0 Å². The number of benzene rings is 2. The summed E-state index contributed by atoms with van der Waals surface area (Å²) < 4.78 is 12.4. The molecule has 0 atom stereocenters. The van der Waals surface area contributed by atoms with E-state index < -0.39 is 0 Å². The summed E-state index contributed by atoms with van der Waals surface area (Å²) in [6.07, 6.45) is 0.771. The first-order valence-corrected chi connectivity index (χ1v) is 10.0. The molecule has 6 heteroatoms. The number of hydrogen-bond donors (Lipinski definition) is 0. The average molecular weight is 492 g/mol. The monoisotopic (exact) mass is 490 g/mol. The summed E-state index contributed by atoms with van der Waals surface area (Å²) in [7, 11) is 3.31. The molecule has 2 aromatic carbocycles. The van der Waals surface area contributed by atoms with Gasteiger partial charge in [-0.05, 0) is 87.2 Å². The van der Waals surface area contributed by atoms with Crippen LogP contribution in [0, 0.1) is 13.8 Å². The molecule has 0 bridgehead atoms. The van der Waals surface area contributed by atoms with Gasteiger partial charge in [0.2, 0.25) is 0 Å². The van der Waals surface area contributed by atoms with Gasteiger partial charge in [-0.25, -0.2) is 9.97 Å². The molecule has 0 amide bonds. The van der Waals surface area contributed by atoms with E-state index in [1.54, 1.807) is 14.2 Å². The minimum Gasteiger partial charge on any atom is -0.496 e. The molecule has 0 aliphatic rings.